The minimum Gasteiger partial charge on any atom is -0.465 e. The second-order valence-corrected chi connectivity index (χ2v) is 5.89. The minimum absolute atomic E-state index is 0.225. The Kier molecular flexibility index (Phi) is 10.0. The van der Waals surface area contributed by atoms with Crippen molar-refractivity contribution in [3.05, 3.63) is 40.9 Å². The molecule has 0 fully saturated rings. The van der Waals surface area contributed by atoms with Crippen molar-refractivity contribution in [3.8, 4) is 0 Å². The molecule has 0 aliphatic carbocycles. The lowest BCUT2D eigenvalue weighted by Gasteiger charge is -2.03. The van der Waals surface area contributed by atoms with Crippen molar-refractivity contribution in [2.24, 2.45) is 0 Å². The first-order chi connectivity index (χ1) is 11.1. The lowest BCUT2D eigenvalue weighted by molar-refractivity contribution is -0.145. The number of rotatable bonds is 11. The van der Waals surface area contributed by atoms with Crippen LogP contribution in [0.25, 0.3) is 6.08 Å². The van der Waals surface area contributed by atoms with E-state index in [1.54, 1.807) is 12.1 Å². The standard InChI is InChI=1S/C19H25ClO3/c1-2-3-4-5-6-9-14-23-19(22)15-17(21)13-12-16-10-7-8-11-18(16)20/h7-8,10-13H,2-6,9,14-15H2,1H3. The number of benzene rings is 1. The van der Waals surface area contributed by atoms with Crippen molar-refractivity contribution in [2.45, 2.75) is 51.9 Å². The maximum Gasteiger partial charge on any atom is 0.313 e. The quantitative estimate of drug-likeness (QED) is 0.241. The van der Waals surface area contributed by atoms with E-state index in [1.165, 1.54) is 31.8 Å². The second kappa shape index (κ2) is 11.9. The Morgan fingerprint density at radius 1 is 1.09 bits per heavy atom. The van der Waals surface area contributed by atoms with E-state index in [-0.39, 0.29) is 12.2 Å². The molecule has 0 saturated heterocycles. The Balaban J connectivity index is 2.19. The van der Waals surface area contributed by atoms with Gasteiger partial charge in [-0.15, -0.1) is 0 Å². The first-order valence-corrected chi connectivity index (χ1v) is 8.62. The molecule has 4 heteroatoms. The van der Waals surface area contributed by atoms with Gasteiger partial charge < -0.3 is 4.74 Å². The predicted octanol–water partition coefficient (Wildman–Crippen LogP) is 5.22. The normalized spacial score (nSPS) is 10.9. The maximum atomic E-state index is 11.7. The van der Waals surface area contributed by atoms with Gasteiger partial charge in [0.15, 0.2) is 5.78 Å². The van der Waals surface area contributed by atoms with Crippen LogP contribution in [-0.2, 0) is 14.3 Å². The summed E-state index contributed by atoms with van der Waals surface area (Å²) in [5.41, 5.74) is 0.753. The van der Waals surface area contributed by atoms with Crippen LogP contribution in [0.5, 0.6) is 0 Å². The van der Waals surface area contributed by atoms with Crippen LogP contribution in [0.15, 0.2) is 30.3 Å². The number of hydrogen-bond acceptors (Lipinski definition) is 3. The second-order valence-electron chi connectivity index (χ2n) is 5.49. The van der Waals surface area contributed by atoms with Crippen molar-refractivity contribution >= 4 is 29.4 Å². The van der Waals surface area contributed by atoms with Crippen LogP contribution in [0, 0.1) is 0 Å². The molecule has 3 nitrogen and oxygen atoms in total. The molecule has 0 aliphatic rings. The number of ketones is 1. The van der Waals surface area contributed by atoms with Crippen molar-refractivity contribution in [2.75, 3.05) is 6.61 Å². The summed E-state index contributed by atoms with van der Waals surface area (Å²) >= 11 is 5.99. The van der Waals surface area contributed by atoms with Crippen LogP contribution < -0.4 is 0 Å². The fraction of sp³-hybridized carbons (Fsp3) is 0.474. The van der Waals surface area contributed by atoms with E-state index in [0.717, 1.165) is 18.4 Å². The molecule has 0 saturated carbocycles. The molecule has 0 aromatic heterocycles. The zero-order valence-corrected chi connectivity index (χ0v) is 14.5. The molecule has 1 aromatic carbocycles. The van der Waals surface area contributed by atoms with E-state index in [9.17, 15) is 9.59 Å². The molecule has 126 valence electrons. The third kappa shape index (κ3) is 9.19. The van der Waals surface area contributed by atoms with Crippen LogP contribution in [-0.4, -0.2) is 18.4 Å². The summed E-state index contributed by atoms with van der Waals surface area (Å²) in [5.74, 6) is -0.745. The molecule has 23 heavy (non-hydrogen) atoms. The average molecular weight is 337 g/mol. The van der Waals surface area contributed by atoms with Crippen LogP contribution in [0.3, 0.4) is 0 Å². The molecule has 0 aliphatic heterocycles. The molecular formula is C19H25ClO3. The molecule has 0 spiro atoms. The number of carbonyl (C=O) groups is 2. The largest absolute Gasteiger partial charge is 0.465 e. The van der Waals surface area contributed by atoms with Crippen LogP contribution in [0.1, 0.15) is 57.4 Å². The summed E-state index contributed by atoms with van der Waals surface area (Å²) in [6, 6.07) is 7.22. The van der Waals surface area contributed by atoms with Crippen molar-refractivity contribution in [3.63, 3.8) is 0 Å². The fourth-order valence-electron chi connectivity index (χ4n) is 2.11. The van der Waals surface area contributed by atoms with E-state index in [2.05, 4.69) is 6.92 Å². The van der Waals surface area contributed by atoms with Gasteiger partial charge in [0, 0.05) is 5.02 Å². The molecule has 0 N–H and O–H groups in total. The molecule has 1 rings (SSSR count). The fourth-order valence-corrected chi connectivity index (χ4v) is 2.31. The van der Waals surface area contributed by atoms with Gasteiger partial charge in [-0.05, 0) is 30.2 Å². The molecular weight excluding hydrogens is 312 g/mol. The summed E-state index contributed by atoms with van der Waals surface area (Å²) in [7, 11) is 0. The summed E-state index contributed by atoms with van der Waals surface area (Å²) in [5, 5.41) is 0.571. The van der Waals surface area contributed by atoms with Gasteiger partial charge in [0.1, 0.15) is 6.42 Å². The number of carbonyl (C=O) groups excluding carboxylic acids is 2. The topological polar surface area (TPSA) is 43.4 Å². The minimum atomic E-state index is -0.465. The Morgan fingerprint density at radius 2 is 1.78 bits per heavy atom. The van der Waals surface area contributed by atoms with Crippen LogP contribution in [0.2, 0.25) is 5.02 Å². The van der Waals surface area contributed by atoms with E-state index in [0.29, 0.717) is 11.6 Å². The zero-order valence-electron chi connectivity index (χ0n) is 13.7. The number of ether oxygens (including phenoxy) is 1. The Hall–Kier alpha value is -1.61. The summed E-state index contributed by atoms with van der Waals surface area (Å²) < 4.78 is 5.08. The number of allylic oxidation sites excluding steroid dienone is 1. The Labute approximate surface area is 143 Å². The highest BCUT2D eigenvalue weighted by atomic mass is 35.5. The summed E-state index contributed by atoms with van der Waals surface area (Å²) in [6.07, 6.45) is 9.56. The lowest BCUT2D eigenvalue weighted by atomic mass is 10.1. The van der Waals surface area contributed by atoms with Gasteiger partial charge in [-0.25, -0.2) is 0 Å². The summed E-state index contributed by atoms with van der Waals surface area (Å²) in [6.45, 7) is 2.57. The maximum absolute atomic E-state index is 11.7. The predicted molar refractivity (Wildman–Crippen MR) is 94.4 cm³/mol. The Bertz CT molecular complexity index is 523. The van der Waals surface area contributed by atoms with Crippen molar-refractivity contribution in [1.82, 2.24) is 0 Å². The molecule has 0 bridgehead atoms. The molecule has 0 unspecified atom stereocenters. The highest BCUT2D eigenvalue weighted by Gasteiger charge is 2.08. The van der Waals surface area contributed by atoms with Gasteiger partial charge in [0.25, 0.3) is 0 Å². The summed E-state index contributed by atoms with van der Waals surface area (Å²) in [4.78, 5) is 23.3. The van der Waals surface area contributed by atoms with E-state index in [1.807, 2.05) is 18.2 Å². The van der Waals surface area contributed by atoms with Crippen LogP contribution in [0.4, 0.5) is 0 Å². The van der Waals surface area contributed by atoms with E-state index >= 15 is 0 Å². The van der Waals surface area contributed by atoms with Gasteiger partial charge in [0.05, 0.1) is 6.61 Å². The first-order valence-electron chi connectivity index (χ1n) is 8.24. The molecule has 0 atom stereocenters. The monoisotopic (exact) mass is 336 g/mol. The zero-order chi connectivity index (χ0) is 16.9. The molecule has 1 aromatic rings. The third-order valence-electron chi connectivity index (χ3n) is 3.43. The molecule has 0 heterocycles. The third-order valence-corrected chi connectivity index (χ3v) is 3.78. The van der Waals surface area contributed by atoms with Crippen molar-refractivity contribution < 1.29 is 14.3 Å². The van der Waals surface area contributed by atoms with E-state index < -0.39 is 5.97 Å². The van der Waals surface area contributed by atoms with Crippen molar-refractivity contribution in [1.29, 1.82) is 0 Å². The number of hydrogen-bond donors (Lipinski definition) is 0. The van der Waals surface area contributed by atoms with Crippen LogP contribution >= 0.6 is 11.6 Å². The SMILES string of the molecule is CCCCCCCCOC(=O)CC(=O)C=Cc1ccccc1Cl. The number of halogens is 1. The number of unbranched alkanes of at least 4 members (excludes halogenated alkanes) is 5. The smallest absolute Gasteiger partial charge is 0.313 e. The highest BCUT2D eigenvalue weighted by Crippen LogP contribution is 2.16. The van der Waals surface area contributed by atoms with Gasteiger partial charge in [-0.1, -0.05) is 68.8 Å². The van der Waals surface area contributed by atoms with Gasteiger partial charge >= 0.3 is 5.97 Å². The van der Waals surface area contributed by atoms with Gasteiger partial charge in [-0.3, -0.25) is 9.59 Å². The van der Waals surface area contributed by atoms with Gasteiger partial charge in [-0.2, -0.15) is 0 Å². The Morgan fingerprint density at radius 3 is 2.52 bits per heavy atom. The molecule has 0 amide bonds. The van der Waals surface area contributed by atoms with Gasteiger partial charge in [0.2, 0.25) is 0 Å². The number of esters is 1. The lowest BCUT2D eigenvalue weighted by Crippen LogP contribution is -2.10. The first kappa shape index (κ1) is 19.4. The highest BCUT2D eigenvalue weighted by molar-refractivity contribution is 6.32. The molecule has 0 radical (unpaired) electrons. The van der Waals surface area contributed by atoms with E-state index in [4.69, 9.17) is 16.3 Å². The average Bonchev–Trinajstić information content (AvgIpc) is 2.53.